The molecule has 19 heavy (non-hydrogen) atoms. The third-order valence-corrected chi connectivity index (χ3v) is 3.89. The Labute approximate surface area is 113 Å². The fraction of sp³-hybridized carbons (Fsp3) is 0.467. The van der Waals surface area contributed by atoms with Crippen LogP contribution in [0.25, 0.3) is 0 Å². The number of nitrogens with zero attached hydrogens (tertiary/aromatic N) is 2. The number of aryl methyl sites for hydroxylation is 1. The Balaban J connectivity index is 2.38. The van der Waals surface area contributed by atoms with Crippen LogP contribution in [0.5, 0.6) is 0 Å². The van der Waals surface area contributed by atoms with Crippen molar-refractivity contribution in [3.8, 4) is 6.07 Å². The van der Waals surface area contributed by atoms with Crippen molar-refractivity contribution in [1.82, 2.24) is 0 Å². The first kappa shape index (κ1) is 13.4. The number of hydrogen-bond acceptors (Lipinski definition) is 3. The minimum Gasteiger partial charge on any atom is -0.481 e. The van der Waals surface area contributed by atoms with Crippen molar-refractivity contribution in [3.05, 3.63) is 29.3 Å². The molecule has 1 unspecified atom stereocenters. The Bertz CT molecular complexity index is 548. The highest BCUT2D eigenvalue weighted by Gasteiger charge is 2.38. The van der Waals surface area contributed by atoms with Crippen molar-refractivity contribution in [2.45, 2.75) is 26.7 Å². The number of para-hydroxylation sites is 1. The summed E-state index contributed by atoms with van der Waals surface area (Å²) >= 11 is 0. The number of benzene rings is 1. The van der Waals surface area contributed by atoms with Crippen molar-refractivity contribution in [1.29, 1.82) is 5.26 Å². The molecule has 1 aliphatic heterocycles. The number of anilines is 1. The Kier molecular flexibility index (Phi) is 3.48. The maximum atomic E-state index is 11.4. The second-order valence-corrected chi connectivity index (χ2v) is 5.47. The number of carboxylic acid groups (broad SMARTS) is 1. The van der Waals surface area contributed by atoms with E-state index in [9.17, 15) is 15.2 Å². The lowest BCUT2D eigenvalue weighted by atomic mass is 9.81. The monoisotopic (exact) mass is 258 g/mol. The maximum Gasteiger partial charge on any atom is 0.311 e. The van der Waals surface area contributed by atoms with E-state index in [4.69, 9.17) is 0 Å². The van der Waals surface area contributed by atoms with Crippen molar-refractivity contribution in [2.75, 3.05) is 18.0 Å². The zero-order chi connectivity index (χ0) is 14.0. The molecule has 4 heteroatoms. The molecule has 1 heterocycles. The quantitative estimate of drug-likeness (QED) is 0.885. The lowest BCUT2D eigenvalue weighted by molar-refractivity contribution is -0.148. The number of hydrogen-bond donors (Lipinski definition) is 1. The lowest BCUT2D eigenvalue weighted by Crippen LogP contribution is -2.46. The molecule has 1 fully saturated rings. The summed E-state index contributed by atoms with van der Waals surface area (Å²) in [6, 6.07) is 7.81. The van der Waals surface area contributed by atoms with Gasteiger partial charge in [-0.25, -0.2) is 0 Å². The second kappa shape index (κ2) is 4.93. The molecule has 2 rings (SSSR count). The molecule has 0 bridgehead atoms. The van der Waals surface area contributed by atoms with Gasteiger partial charge < -0.3 is 10.0 Å². The summed E-state index contributed by atoms with van der Waals surface area (Å²) in [4.78, 5) is 13.4. The van der Waals surface area contributed by atoms with Crippen LogP contribution in [0.3, 0.4) is 0 Å². The average Bonchev–Trinajstić information content (AvgIpc) is 2.38. The maximum absolute atomic E-state index is 11.4. The largest absolute Gasteiger partial charge is 0.481 e. The molecule has 0 saturated carbocycles. The molecule has 4 nitrogen and oxygen atoms in total. The van der Waals surface area contributed by atoms with Gasteiger partial charge >= 0.3 is 5.97 Å². The Morgan fingerprint density at radius 1 is 1.53 bits per heavy atom. The van der Waals surface area contributed by atoms with Gasteiger partial charge in [-0.1, -0.05) is 12.1 Å². The van der Waals surface area contributed by atoms with Gasteiger partial charge in [-0.2, -0.15) is 5.26 Å². The van der Waals surface area contributed by atoms with Gasteiger partial charge in [0.2, 0.25) is 0 Å². The predicted molar refractivity (Wildman–Crippen MR) is 73.1 cm³/mol. The molecule has 1 saturated heterocycles. The molecule has 0 amide bonds. The van der Waals surface area contributed by atoms with Crippen LogP contribution in [0.1, 0.15) is 30.9 Å². The molecule has 0 aliphatic carbocycles. The van der Waals surface area contributed by atoms with Gasteiger partial charge in [0.25, 0.3) is 0 Å². The predicted octanol–water partition coefficient (Wildman–Crippen LogP) is 2.56. The average molecular weight is 258 g/mol. The Morgan fingerprint density at radius 3 is 2.89 bits per heavy atom. The lowest BCUT2D eigenvalue weighted by Gasteiger charge is -2.39. The van der Waals surface area contributed by atoms with E-state index in [1.807, 2.05) is 24.0 Å². The Morgan fingerprint density at radius 2 is 2.26 bits per heavy atom. The van der Waals surface area contributed by atoms with Crippen LogP contribution in [0.2, 0.25) is 0 Å². The molecule has 1 N–H and O–H groups in total. The normalized spacial score (nSPS) is 22.9. The van der Waals surface area contributed by atoms with Gasteiger partial charge in [-0.05, 0) is 38.3 Å². The number of piperidine rings is 1. The first-order valence-electron chi connectivity index (χ1n) is 6.46. The van der Waals surface area contributed by atoms with Crippen LogP contribution in [-0.2, 0) is 4.79 Å². The molecule has 100 valence electrons. The first-order valence-corrected chi connectivity index (χ1v) is 6.46. The van der Waals surface area contributed by atoms with Crippen molar-refractivity contribution < 1.29 is 9.90 Å². The molecule has 1 aliphatic rings. The van der Waals surface area contributed by atoms with Gasteiger partial charge in [-0.15, -0.1) is 0 Å². The van der Waals surface area contributed by atoms with Gasteiger partial charge in [0, 0.05) is 13.1 Å². The summed E-state index contributed by atoms with van der Waals surface area (Å²) in [5.41, 5.74) is 1.80. The van der Waals surface area contributed by atoms with Crippen molar-refractivity contribution in [3.63, 3.8) is 0 Å². The van der Waals surface area contributed by atoms with Crippen LogP contribution in [0, 0.1) is 23.7 Å². The van der Waals surface area contributed by atoms with E-state index < -0.39 is 11.4 Å². The summed E-state index contributed by atoms with van der Waals surface area (Å²) in [7, 11) is 0. The standard InChI is InChI=1S/C15H18N2O2/c1-11-5-3-6-12(9-16)13(11)17-8-4-7-15(2,10-17)14(18)19/h3,5-6H,4,7-8,10H2,1-2H3,(H,18,19). The van der Waals surface area contributed by atoms with E-state index >= 15 is 0 Å². The number of nitriles is 1. The van der Waals surface area contributed by atoms with E-state index in [-0.39, 0.29) is 0 Å². The summed E-state index contributed by atoms with van der Waals surface area (Å²) < 4.78 is 0. The van der Waals surface area contributed by atoms with Gasteiger partial charge in [0.15, 0.2) is 0 Å². The first-order chi connectivity index (χ1) is 8.98. The van der Waals surface area contributed by atoms with E-state index in [2.05, 4.69) is 6.07 Å². The van der Waals surface area contributed by atoms with Crippen molar-refractivity contribution in [2.24, 2.45) is 5.41 Å². The fourth-order valence-electron chi connectivity index (χ4n) is 2.77. The van der Waals surface area contributed by atoms with E-state index in [1.54, 1.807) is 13.0 Å². The summed E-state index contributed by atoms with van der Waals surface area (Å²) in [5, 5.41) is 18.6. The Hall–Kier alpha value is -2.02. The van der Waals surface area contributed by atoms with Gasteiger partial charge in [0.1, 0.15) is 6.07 Å². The third-order valence-electron chi connectivity index (χ3n) is 3.89. The SMILES string of the molecule is Cc1cccc(C#N)c1N1CCCC(C)(C(=O)O)C1. The van der Waals surface area contributed by atoms with E-state index in [0.29, 0.717) is 18.5 Å². The second-order valence-electron chi connectivity index (χ2n) is 5.47. The number of aliphatic carboxylic acids is 1. The highest BCUT2D eigenvalue weighted by molar-refractivity contribution is 5.76. The van der Waals surface area contributed by atoms with Crippen LogP contribution < -0.4 is 4.90 Å². The highest BCUT2D eigenvalue weighted by Crippen LogP contribution is 2.35. The number of carboxylic acids is 1. The minimum atomic E-state index is -0.760. The van der Waals surface area contributed by atoms with Crippen LogP contribution in [0.4, 0.5) is 5.69 Å². The van der Waals surface area contributed by atoms with Gasteiger partial charge in [-0.3, -0.25) is 4.79 Å². The summed E-state index contributed by atoms with van der Waals surface area (Å²) in [5.74, 6) is -0.760. The highest BCUT2D eigenvalue weighted by atomic mass is 16.4. The zero-order valence-electron chi connectivity index (χ0n) is 11.3. The molecule has 1 atom stereocenters. The van der Waals surface area contributed by atoms with Crippen LogP contribution in [0.15, 0.2) is 18.2 Å². The zero-order valence-corrected chi connectivity index (χ0v) is 11.3. The molecule has 1 aromatic carbocycles. The van der Waals surface area contributed by atoms with E-state index in [1.165, 1.54) is 0 Å². The van der Waals surface area contributed by atoms with Gasteiger partial charge in [0.05, 0.1) is 16.7 Å². The molecule has 0 spiro atoms. The third kappa shape index (κ3) is 2.41. The molecular formula is C15H18N2O2. The topological polar surface area (TPSA) is 64.3 Å². The smallest absolute Gasteiger partial charge is 0.311 e. The molecular weight excluding hydrogens is 240 g/mol. The van der Waals surface area contributed by atoms with Crippen LogP contribution in [-0.4, -0.2) is 24.2 Å². The number of rotatable bonds is 2. The molecule has 0 aromatic heterocycles. The minimum absolute atomic E-state index is 0.460. The fourth-order valence-corrected chi connectivity index (χ4v) is 2.77. The van der Waals surface area contributed by atoms with E-state index in [0.717, 1.165) is 24.2 Å². The molecule has 1 aromatic rings. The summed E-state index contributed by atoms with van der Waals surface area (Å²) in [6.45, 7) is 5.01. The number of carbonyl (C=O) groups is 1. The molecule has 0 radical (unpaired) electrons. The van der Waals surface area contributed by atoms with Crippen molar-refractivity contribution >= 4 is 11.7 Å². The summed E-state index contributed by atoms with van der Waals surface area (Å²) in [6.07, 6.45) is 1.52. The van der Waals surface area contributed by atoms with Crippen LogP contribution >= 0.6 is 0 Å².